The third kappa shape index (κ3) is 4.32. The van der Waals surface area contributed by atoms with Crippen molar-refractivity contribution in [3.8, 4) is 0 Å². The number of morpholine rings is 1. The maximum atomic E-state index is 12.3. The molecule has 0 aliphatic carbocycles. The van der Waals surface area contributed by atoms with E-state index in [4.69, 9.17) is 4.74 Å². The van der Waals surface area contributed by atoms with Crippen molar-refractivity contribution >= 4 is 34.1 Å². The Morgan fingerprint density at radius 1 is 1.35 bits per heavy atom. The topological polar surface area (TPSA) is 67.4 Å². The molecule has 20 heavy (non-hydrogen) atoms. The van der Waals surface area contributed by atoms with Crippen molar-refractivity contribution in [3.05, 3.63) is 0 Å². The van der Waals surface area contributed by atoms with Crippen molar-refractivity contribution < 1.29 is 9.53 Å². The third-order valence-electron chi connectivity index (χ3n) is 2.77. The molecule has 0 radical (unpaired) electrons. The first-order valence-corrected chi connectivity index (χ1v) is 8.39. The molecule has 0 aromatic carbocycles. The Kier molecular flexibility index (Phi) is 5.62. The van der Waals surface area contributed by atoms with Crippen LogP contribution in [0.15, 0.2) is 4.34 Å². The molecular weight excluding hydrogens is 296 g/mol. The highest BCUT2D eigenvalue weighted by Crippen LogP contribution is 2.30. The summed E-state index contributed by atoms with van der Waals surface area (Å²) in [6.07, 6.45) is 0. The van der Waals surface area contributed by atoms with Gasteiger partial charge in [-0.05, 0) is 20.8 Å². The molecule has 1 aliphatic heterocycles. The van der Waals surface area contributed by atoms with Crippen LogP contribution in [0.25, 0.3) is 0 Å². The van der Waals surface area contributed by atoms with Gasteiger partial charge in [0.15, 0.2) is 4.34 Å². The van der Waals surface area contributed by atoms with Crippen molar-refractivity contribution in [2.24, 2.45) is 0 Å². The van der Waals surface area contributed by atoms with Gasteiger partial charge in [0.2, 0.25) is 11.0 Å². The van der Waals surface area contributed by atoms with E-state index in [1.54, 1.807) is 0 Å². The molecule has 2 heterocycles. The Hall–Kier alpha value is -0.860. The lowest BCUT2D eigenvalue weighted by atomic mass is 10.3. The van der Waals surface area contributed by atoms with Gasteiger partial charge >= 0.3 is 0 Å². The molecule has 8 heteroatoms. The van der Waals surface area contributed by atoms with Gasteiger partial charge in [-0.25, -0.2) is 0 Å². The lowest BCUT2D eigenvalue weighted by Crippen LogP contribution is -2.44. The second-order valence-electron chi connectivity index (χ2n) is 4.87. The fraction of sp³-hybridized carbons (Fsp3) is 0.750. The van der Waals surface area contributed by atoms with Crippen molar-refractivity contribution in [2.75, 3.05) is 31.6 Å². The maximum absolute atomic E-state index is 12.3. The fourth-order valence-electron chi connectivity index (χ4n) is 1.81. The number of hydrogen-bond acceptors (Lipinski definition) is 7. The number of anilines is 1. The van der Waals surface area contributed by atoms with Gasteiger partial charge in [-0.3, -0.25) is 4.79 Å². The number of nitrogens with zero attached hydrogens (tertiary/aromatic N) is 3. The number of thioether (sulfide) groups is 1. The van der Waals surface area contributed by atoms with Gasteiger partial charge < -0.3 is 15.0 Å². The first kappa shape index (κ1) is 15.5. The number of hydrogen-bond donors (Lipinski definition) is 1. The van der Waals surface area contributed by atoms with Crippen LogP contribution in [0, 0.1) is 0 Å². The molecule has 1 aliphatic rings. The number of carbonyl (C=O) groups is 1. The summed E-state index contributed by atoms with van der Waals surface area (Å²) in [7, 11) is 0. The van der Waals surface area contributed by atoms with Gasteiger partial charge in [0.05, 0.1) is 18.5 Å². The van der Waals surface area contributed by atoms with Gasteiger partial charge in [0, 0.05) is 19.1 Å². The van der Waals surface area contributed by atoms with Gasteiger partial charge in [-0.2, -0.15) is 0 Å². The molecule has 1 atom stereocenters. The largest absolute Gasteiger partial charge is 0.378 e. The Balaban J connectivity index is 1.88. The van der Waals surface area contributed by atoms with Gasteiger partial charge in [-0.15, -0.1) is 10.2 Å². The Bertz CT molecular complexity index is 446. The van der Waals surface area contributed by atoms with Crippen LogP contribution in [0.5, 0.6) is 0 Å². The predicted octanol–water partition coefficient (Wildman–Crippen LogP) is 1.70. The highest BCUT2D eigenvalue weighted by molar-refractivity contribution is 8.02. The second-order valence-corrected chi connectivity index (χ2v) is 7.44. The lowest BCUT2D eigenvalue weighted by molar-refractivity contribution is -0.134. The zero-order valence-corrected chi connectivity index (χ0v) is 13.6. The van der Waals surface area contributed by atoms with Gasteiger partial charge in [-0.1, -0.05) is 23.1 Å². The standard InChI is InChI=1S/C12H20N4O2S2/c1-8(2)13-11-14-15-12(20-11)19-9(3)10(17)16-4-6-18-7-5-16/h8-9H,4-7H2,1-3H3,(H,13,14). The summed E-state index contributed by atoms with van der Waals surface area (Å²) in [5.41, 5.74) is 0. The van der Waals surface area contributed by atoms with Crippen molar-refractivity contribution in [1.29, 1.82) is 0 Å². The number of carbonyl (C=O) groups excluding carboxylic acids is 1. The van der Waals surface area contributed by atoms with Crippen LogP contribution in [0.1, 0.15) is 20.8 Å². The van der Waals surface area contributed by atoms with E-state index in [1.807, 2.05) is 11.8 Å². The average molecular weight is 316 g/mol. The van der Waals surface area contributed by atoms with E-state index in [2.05, 4.69) is 29.4 Å². The van der Waals surface area contributed by atoms with Crippen molar-refractivity contribution in [3.63, 3.8) is 0 Å². The maximum Gasteiger partial charge on any atom is 0.236 e. The highest BCUT2D eigenvalue weighted by atomic mass is 32.2. The molecule has 1 aromatic heterocycles. The Morgan fingerprint density at radius 3 is 2.70 bits per heavy atom. The molecule has 2 rings (SSSR count). The highest BCUT2D eigenvalue weighted by Gasteiger charge is 2.24. The van der Waals surface area contributed by atoms with E-state index in [9.17, 15) is 4.79 Å². The van der Waals surface area contributed by atoms with Crippen LogP contribution in [-0.4, -0.2) is 58.6 Å². The molecule has 1 fully saturated rings. The number of amides is 1. The summed E-state index contributed by atoms with van der Waals surface area (Å²) >= 11 is 2.95. The van der Waals surface area contributed by atoms with E-state index in [-0.39, 0.29) is 11.2 Å². The van der Waals surface area contributed by atoms with Crippen LogP contribution in [0.2, 0.25) is 0 Å². The molecule has 0 spiro atoms. The molecule has 1 unspecified atom stereocenters. The molecule has 1 saturated heterocycles. The lowest BCUT2D eigenvalue weighted by Gasteiger charge is -2.28. The van der Waals surface area contributed by atoms with Crippen LogP contribution >= 0.6 is 23.1 Å². The first-order valence-electron chi connectivity index (χ1n) is 6.69. The van der Waals surface area contributed by atoms with E-state index in [1.165, 1.54) is 23.1 Å². The minimum atomic E-state index is -0.145. The molecule has 1 amide bonds. The minimum Gasteiger partial charge on any atom is -0.378 e. The summed E-state index contributed by atoms with van der Waals surface area (Å²) < 4.78 is 6.08. The van der Waals surface area contributed by atoms with Crippen molar-refractivity contribution in [1.82, 2.24) is 15.1 Å². The molecule has 6 nitrogen and oxygen atoms in total. The molecular formula is C12H20N4O2S2. The van der Waals surface area contributed by atoms with Gasteiger partial charge in [0.1, 0.15) is 0 Å². The first-order chi connectivity index (χ1) is 9.56. The Morgan fingerprint density at radius 2 is 2.05 bits per heavy atom. The summed E-state index contributed by atoms with van der Waals surface area (Å²) in [6, 6.07) is 0.327. The fourth-order valence-corrected chi connectivity index (χ4v) is 3.93. The van der Waals surface area contributed by atoms with Crippen LogP contribution in [0.4, 0.5) is 5.13 Å². The van der Waals surface area contributed by atoms with Crippen LogP contribution in [-0.2, 0) is 9.53 Å². The normalized spacial score (nSPS) is 17.3. The molecule has 1 N–H and O–H groups in total. The van der Waals surface area contributed by atoms with Crippen LogP contribution < -0.4 is 5.32 Å². The summed E-state index contributed by atoms with van der Waals surface area (Å²) in [5.74, 6) is 0.145. The van der Waals surface area contributed by atoms with E-state index in [0.29, 0.717) is 32.3 Å². The molecule has 112 valence electrons. The zero-order chi connectivity index (χ0) is 14.5. The van der Waals surface area contributed by atoms with Crippen LogP contribution in [0.3, 0.4) is 0 Å². The smallest absolute Gasteiger partial charge is 0.236 e. The van der Waals surface area contributed by atoms with E-state index < -0.39 is 0 Å². The number of rotatable bonds is 5. The second kappa shape index (κ2) is 7.24. The number of ether oxygens (including phenoxy) is 1. The molecule has 1 aromatic rings. The summed E-state index contributed by atoms with van der Waals surface area (Å²) in [6.45, 7) is 8.64. The summed E-state index contributed by atoms with van der Waals surface area (Å²) in [5, 5.41) is 12.0. The minimum absolute atomic E-state index is 0.145. The predicted molar refractivity (Wildman–Crippen MR) is 81.4 cm³/mol. The van der Waals surface area contributed by atoms with E-state index >= 15 is 0 Å². The SMILES string of the molecule is CC(C)Nc1nnc(SC(C)C(=O)N2CCOCC2)s1. The van der Waals surface area contributed by atoms with Gasteiger partial charge in [0.25, 0.3) is 0 Å². The monoisotopic (exact) mass is 316 g/mol. The number of nitrogens with one attached hydrogen (secondary N) is 1. The van der Waals surface area contributed by atoms with Crippen molar-refractivity contribution in [2.45, 2.75) is 36.4 Å². The van der Waals surface area contributed by atoms with E-state index in [0.717, 1.165) is 9.47 Å². The molecule has 0 bridgehead atoms. The molecule has 0 saturated carbocycles. The average Bonchev–Trinajstić information content (AvgIpc) is 2.85. The Labute approximate surface area is 127 Å². The summed E-state index contributed by atoms with van der Waals surface area (Å²) in [4.78, 5) is 14.1. The third-order valence-corrected chi connectivity index (χ3v) is 4.79. The number of aromatic nitrogens is 2. The zero-order valence-electron chi connectivity index (χ0n) is 12.0. The quantitative estimate of drug-likeness (QED) is 0.834.